The van der Waals surface area contributed by atoms with Crippen LogP contribution in [0.1, 0.15) is 17.2 Å². The second-order valence-corrected chi connectivity index (χ2v) is 3.55. The molecule has 2 unspecified atom stereocenters. The number of benzene rings is 1. The van der Waals surface area contributed by atoms with Crippen molar-refractivity contribution in [3.05, 3.63) is 29.3 Å². The molecule has 2 atom stereocenters. The van der Waals surface area contributed by atoms with Crippen LogP contribution < -0.4 is 11.5 Å². The second kappa shape index (κ2) is 4.91. The van der Waals surface area contributed by atoms with Gasteiger partial charge in [-0.05, 0) is 12.1 Å². The predicted molar refractivity (Wildman–Crippen MR) is 55.9 cm³/mol. The van der Waals surface area contributed by atoms with Crippen LogP contribution in [0.25, 0.3) is 0 Å². The van der Waals surface area contributed by atoms with Crippen molar-refractivity contribution in [1.29, 1.82) is 0 Å². The molecule has 0 aliphatic heterocycles. The molecular formula is C10H13F3N2O2. The Morgan fingerprint density at radius 1 is 1.24 bits per heavy atom. The summed E-state index contributed by atoms with van der Waals surface area (Å²) in [5.74, 6) is 0. The smallest absolute Gasteiger partial charge is 0.398 e. The molecule has 0 bridgehead atoms. The number of hydrogen-bond donors (Lipinski definition) is 4. The van der Waals surface area contributed by atoms with Gasteiger partial charge in [-0.3, -0.25) is 0 Å². The van der Waals surface area contributed by atoms with E-state index in [0.717, 1.165) is 12.1 Å². The van der Waals surface area contributed by atoms with Gasteiger partial charge in [0.2, 0.25) is 0 Å². The summed E-state index contributed by atoms with van der Waals surface area (Å²) in [5.41, 5.74) is 8.64. The predicted octanol–water partition coefficient (Wildman–Crippen LogP) is 0.641. The topological polar surface area (TPSA) is 92.5 Å². The van der Waals surface area contributed by atoms with Gasteiger partial charge in [-0.1, -0.05) is 6.07 Å². The van der Waals surface area contributed by atoms with Gasteiger partial charge in [0.15, 0.2) is 0 Å². The maximum atomic E-state index is 12.7. The molecule has 0 radical (unpaired) electrons. The number of anilines is 1. The van der Waals surface area contributed by atoms with E-state index in [0.29, 0.717) is 0 Å². The minimum Gasteiger partial charge on any atom is -0.398 e. The van der Waals surface area contributed by atoms with Crippen LogP contribution in [-0.2, 0) is 6.18 Å². The van der Waals surface area contributed by atoms with E-state index in [4.69, 9.17) is 11.5 Å². The Morgan fingerprint density at radius 2 is 1.82 bits per heavy atom. The van der Waals surface area contributed by atoms with Crippen LogP contribution in [0.3, 0.4) is 0 Å². The van der Waals surface area contributed by atoms with Crippen molar-refractivity contribution < 1.29 is 23.4 Å². The highest BCUT2D eigenvalue weighted by atomic mass is 19.4. The van der Waals surface area contributed by atoms with E-state index < -0.39 is 29.5 Å². The standard InChI is InChI=1S/C10H13F3N2O2/c11-10(12,13)5-2-1-3-6(15)8(5)9(17)7(16)4-14/h1-3,7,9,16-17H,4,14-15H2. The molecule has 4 nitrogen and oxygen atoms in total. The molecule has 17 heavy (non-hydrogen) atoms. The normalized spacial score (nSPS) is 15.6. The molecule has 0 spiro atoms. The number of nitrogens with two attached hydrogens (primary N) is 2. The zero-order valence-electron chi connectivity index (χ0n) is 8.78. The highest BCUT2D eigenvalue weighted by molar-refractivity contribution is 5.53. The average molecular weight is 250 g/mol. The lowest BCUT2D eigenvalue weighted by atomic mass is 9.96. The van der Waals surface area contributed by atoms with Gasteiger partial charge in [-0.25, -0.2) is 0 Å². The molecule has 0 aliphatic carbocycles. The third kappa shape index (κ3) is 2.87. The van der Waals surface area contributed by atoms with Crippen molar-refractivity contribution in [2.45, 2.75) is 18.4 Å². The molecule has 0 aliphatic rings. The van der Waals surface area contributed by atoms with E-state index in [9.17, 15) is 23.4 Å². The molecule has 0 saturated carbocycles. The van der Waals surface area contributed by atoms with Crippen LogP contribution in [0.15, 0.2) is 18.2 Å². The van der Waals surface area contributed by atoms with E-state index in [1.54, 1.807) is 0 Å². The van der Waals surface area contributed by atoms with Crippen LogP contribution in [0, 0.1) is 0 Å². The second-order valence-electron chi connectivity index (χ2n) is 3.55. The van der Waals surface area contributed by atoms with Gasteiger partial charge >= 0.3 is 6.18 Å². The van der Waals surface area contributed by atoms with Crippen LogP contribution in [0.4, 0.5) is 18.9 Å². The highest BCUT2D eigenvalue weighted by Gasteiger charge is 2.37. The van der Waals surface area contributed by atoms with Gasteiger partial charge in [0.05, 0.1) is 11.7 Å². The van der Waals surface area contributed by atoms with Crippen LogP contribution in [0.2, 0.25) is 0 Å². The first-order valence-electron chi connectivity index (χ1n) is 4.80. The minimum absolute atomic E-state index is 0.236. The molecule has 0 amide bonds. The lowest BCUT2D eigenvalue weighted by Gasteiger charge is -2.22. The Balaban J connectivity index is 3.30. The zero-order chi connectivity index (χ0) is 13.2. The summed E-state index contributed by atoms with van der Waals surface area (Å²) in [7, 11) is 0. The maximum Gasteiger partial charge on any atom is 0.416 e. The SMILES string of the molecule is NCC(O)C(O)c1c(N)cccc1C(F)(F)F. The van der Waals surface area contributed by atoms with Gasteiger partial charge in [0.1, 0.15) is 6.10 Å². The summed E-state index contributed by atoms with van der Waals surface area (Å²) in [6.07, 6.45) is -7.92. The van der Waals surface area contributed by atoms with Gasteiger partial charge in [-0.15, -0.1) is 0 Å². The first-order valence-corrected chi connectivity index (χ1v) is 4.80. The molecule has 1 aromatic rings. The Hall–Kier alpha value is -1.31. The largest absolute Gasteiger partial charge is 0.416 e. The van der Waals surface area contributed by atoms with Gasteiger partial charge in [0.25, 0.3) is 0 Å². The van der Waals surface area contributed by atoms with E-state index in [2.05, 4.69) is 0 Å². The van der Waals surface area contributed by atoms with E-state index in [1.807, 2.05) is 0 Å². The fourth-order valence-corrected chi connectivity index (χ4v) is 1.48. The average Bonchev–Trinajstić information content (AvgIpc) is 2.25. The number of aliphatic hydroxyl groups is 2. The molecule has 0 fully saturated rings. The van der Waals surface area contributed by atoms with Gasteiger partial charge in [0, 0.05) is 17.8 Å². The molecule has 1 aromatic carbocycles. The Bertz CT molecular complexity index is 396. The molecular weight excluding hydrogens is 237 g/mol. The third-order valence-corrected chi connectivity index (χ3v) is 2.35. The lowest BCUT2D eigenvalue weighted by molar-refractivity contribution is -0.139. The molecule has 0 saturated heterocycles. The highest BCUT2D eigenvalue weighted by Crippen LogP contribution is 2.38. The Labute approximate surface area is 95.7 Å². The summed E-state index contributed by atoms with van der Waals surface area (Å²) in [4.78, 5) is 0. The van der Waals surface area contributed by atoms with E-state index >= 15 is 0 Å². The maximum absolute atomic E-state index is 12.7. The van der Waals surface area contributed by atoms with Crippen molar-refractivity contribution in [1.82, 2.24) is 0 Å². The van der Waals surface area contributed by atoms with Crippen LogP contribution in [0.5, 0.6) is 0 Å². The van der Waals surface area contributed by atoms with E-state index in [1.165, 1.54) is 6.07 Å². The van der Waals surface area contributed by atoms with Gasteiger partial charge in [-0.2, -0.15) is 13.2 Å². The number of rotatable bonds is 3. The summed E-state index contributed by atoms with van der Waals surface area (Å²) >= 11 is 0. The molecule has 0 aromatic heterocycles. The van der Waals surface area contributed by atoms with Crippen LogP contribution >= 0.6 is 0 Å². The Morgan fingerprint density at radius 3 is 2.29 bits per heavy atom. The first-order chi connectivity index (χ1) is 7.79. The Kier molecular flexibility index (Phi) is 3.97. The van der Waals surface area contributed by atoms with Crippen molar-refractivity contribution >= 4 is 5.69 Å². The van der Waals surface area contributed by atoms with Crippen molar-refractivity contribution in [2.75, 3.05) is 12.3 Å². The molecule has 0 heterocycles. The van der Waals surface area contributed by atoms with Crippen molar-refractivity contribution in [3.8, 4) is 0 Å². The van der Waals surface area contributed by atoms with Crippen LogP contribution in [-0.4, -0.2) is 22.9 Å². The first kappa shape index (κ1) is 13.8. The fraction of sp³-hybridized carbons (Fsp3) is 0.400. The van der Waals surface area contributed by atoms with Crippen molar-refractivity contribution in [3.63, 3.8) is 0 Å². The van der Waals surface area contributed by atoms with Gasteiger partial charge < -0.3 is 21.7 Å². The monoisotopic (exact) mass is 250 g/mol. The number of halogens is 3. The zero-order valence-corrected chi connectivity index (χ0v) is 8.78. The minimum atomic E-state index is -4.65. The number of nitrogen functional groups attached to an aromatic ring is 1. The molecule has 1 rings (SSSR count). The van der Waals surface area contributed by atoms with E-state index in [-0.39, 0.29) is 12.2 Å². The quantitative estimate of drug-likeness (QED) is 0.592. The number of hydrogen-bond acceptors (Lipinski definition) is 4. The molecule has 7 heteroatoms. The summed E-state index contributed by atoms with van der Waals surface area (Å²) in [6.45, 7) is -0.368. The number of alkyl halides is 3. The third-order valence-electron chi connectivity index (χ3n) is 2.35. The number of aliphatic hydroxyl groups excluding tert-OH is 2. The fourth-order valence-electron chi connectivity index (χ4n) is 1.48. The van der Waals surface area contributed by atoms with Crippen molar-refractivity contribution in [2.24, 2.45) is 5.73 Å². The summed E-state index contributed by atoms with van der Waals surface area (Å²) in [6, 6.07) is 3.14. The summed E-state index contributed by atoms with van der Waals surface area (Å²) < 4.78 is 38.0. The lowest BCUT2D eigenvalue weighted by Crippen LogP contribution is -2.29. The summed E-state index contributed by atoms with van der Waals surface area (Å²) in [5, 5.41) is 18.9. The molecule has 96 valence electrons. The molecule has 6 N–H and O–H groups in total.